The molecule has 0 saturated heterocycles. The molecule has 5 heteroatoms. The van der Waals surface area contributed by atoms with Gasteiger partial charge in [0.2, 0.25) is 0 Å². The van der Waals surface area contributed by atoms with Crippen LogP contribution < -0.4 is 0 Å². The fourth-order valence-electron chi connectivity index (χ4n) is 4.06. The van der Waals surface area contributed by atoms with E-state index >= 15 is 4.39 Å². The molecule has 0 N–H and O–H groups in total. The van der Waals surface area contributed by atoms with Gasteiger partial charge in [-0.15, -0.1) is 0 Å². The molecule has 2 aliphatic rings. The Bertz CT molecular complexity index is 791. The first-order chi connectivity index (χ1) is 14.0. The Labute approximate surface area is 163 Å². The van der Waals surface area contributed by atoms with E-state index in [1.165, 1.54) is 6.07 Å². The van der Waals surface area contributed by atoms with Crippen molar-refractivity contribution < 1.29 is 26.4 Å². The molecule has 0 radical (unpaired) electrons. The van der Waals surface area contributed by atoms with E-state index in [0.717, 1.165) is 56.7 Å². The van der Waals surface area contributed by atoms with Gasteiger partial charge in [-0.3, -0.25) is 0 Å². The Morgan fingerprint density at radius 1 is 1.11 bits per heavy atom. The van der Waals surface area contributed by atoms with Gasteiger partial charge in [0.05, 0.1) is 10.7 Å². The van der Waals surface area contributed by atoms with Crippen LogP contribution in [0.5, 0.6) is 0 Å². The second-order valence-corrected chi connectivity index (χ2v) is 7.52. The van der Waals surface area contributed by atoms with Crippen LogP contribution in [0.25, 0.3) is 0 Å². The molecule has 1 fully saturated rings. The van der Waals surface area contributed by atoms with Crippen LogP contribution in [-0.4, -0.2) is 18.4 Å². The molecule has 0 aromatic heterocycles. The fraction of sp³-hybridized carbons (Fsp3) is 0.636. The van der Waals surface area contributed by atoms with Gasteiger partial charge in [-0.1, -0.05) is 37.5 Å². The summed E-state index contributed by atoms with van der Waals surface area (Å²) in [4.78, 5) is 0. The van der Waals surface area contributed by atoms with Gasteiger partial charge < -0.3 is 4.74 Å². The topological polar surface area (TPSA) is 9.23 Å². The van der Waals surface area contributed by atoms with E-state index in [1.54, 1.807) is 0 Å². The predicted octanol–water partition coefficient (Wildman–Crippen LogP) is 6.46. The summed E-state index contributed by atoms with van der Waals surface area (Å²) in [6, 6.07) is 2.92. The Morgan fingerprint density at radius 2 is 1.85 bits per heavy atom. The van der Waals surface area contributed by atoms with Gasteiger partial charge in [-0.25, -0.2) is 17.6 Å². The average molecular weight is 387 g/mol. The maximum absolute atomic E-state index is 15.1. The van der Waals surface area contributed by atoms with Crippen molar-refractivity contribution in [3.8, 4) is 0 Å². The molecule has 0 aliphatic heterocycles. The van der Waals surface area contributed by atoms with Crippen LogP contribution in [-0.2, 0) is 11.3 Å². The molecular weight excluding hydrogens is 356 g/mol. The maximum Gasteiger partial charge on any atom is 0.161 e. The van der Waals surface area contributed by atoms with Crippen LogP contribution in [0, 0.1) is 23.5 Å². The third kappa shape index (κ3) is 5.13. The second-order valence-electron chi connectivity index (χ2n) is 7.52. The highest BCUT2D eigenvalue weighted by Gasteiger charge is 2.37. The zero-order valence-electron chi connectivity index (χ0n) is 18.5. The number of hydrogen-bond donors (Lipinski definition) is 0. The van der Waals surface area contributed by atoms with E-state index in [0.29, 0.717) is 11.5 Å². The third-order valence-electron chi connectivity index (χ3n) is 5.58. The van der Waals surface area contributed by atoms with Crippen molar-refractivity contribution in [1.29, 1.82) is 0 Å². The van der Waals surface area contributed by atoms with Gasteiger partial charge in [-0.2, -0.15) is 0 Å². The van der Waals surface area contributed by atoms with Crippen molar-refractivity contribution in [2.24, 2.45) is 11.8 Å². The summed E-state index contributed by atoms with van der Waals surface area (Å²) in [5.74, 6) is -1.67. The van der Waals surface area contributed by atoms with Crippen LogP contribution in [0.3, 0.4) is 0 Å². The number of halogens is 4. The van der Waals surface area contributed by atoms with Crippen molar-refractivity contribution in [3.63, 3.8) is 0 Å². The molecule has 3 unspecified atom stereocenters. The van der Waals surface area contributed by atoms with E-state index in [-0.39, 0.29) is 11.5 Å². The SMILES string of the molecule is [2H]C1(F)CC(C2CCC(CCC)CC2)=CC([2H])(OCc2ccc(F)c(F)c2)C1([2H])F. The minimum Gasteiger partial charge on any atom is -0.366 e. The normalized spacial score (nSPS) is 41.4. The molecule has 3 atom stereocenters. The van der Waals surface area contributed by atoms with Gasteiger partial charge >= 0.3 is 0 Å². The van der Waals surface area contributed by atoms with Gasteiger partial charge in [0, 0.05) is 6.42 Å². The molecular formula is C22H28F4O. The van der Waals surface area contributed by atoms with E-state index in [1.807, 2.05) is 0 Å². The van der Waals surface area contributed by atoms with Gasteiger partial charge in [-0.05, 0) is 55.2 Å². The van der Waals surface area contributed by atoms with E-state index in [9.17, 15) is 13.2 Å². The van der Waals surface area contributed by atoms with E-state index < -0.39 is 43.0 Å². The largest absolute Gasteiger partial charge is 0.366 e. The lowest BCUT2D eigenvalue weighted by molar-refractivity contribution is -0.0205. The second kappa shape index (κ2) is 9.22. The highest BCUT2D eigenvalue weighted by Crippen LogP contribution is 2.40. The predicted molar refractivity (Wildman–Crippen MR) is 97.8 cm³/mol. The Balaban J connectivity index is 1.82. The maximum atomic E-state index is 15.1. The van der Waals surface area contributed by atoms with Crippen LogP contribution in [0.4, 0.5) is 17.6 Å². The number of rotatable bonds is 6. The molecule has 0 amide bonds. The lowest BCUT2D eigenvalue weighted by atomic mass is 9.74. The summed E-state index contributed by atoms with van der Waals surface area (Å²) < 4.78 is 85.8. The highest BCUT2D eigenvalue weighted by atomic mass is 19.2. The number of alkyl halides is 2. The Hall–Kier alpha value is -1.36. The summed E-state index contributed by atoms with van der Waals surface area (Å²) in [5.41, 5.74) is 0.551. The van der Waals surface area contributed by atoms with Crippen LogP contribution in [0.1, 0.15) is 61.5 Å². The van der Waals surface area contributed by atoms with Crippen LogP contribution >= 0.6 is 0 Å². The average Bonchev–Trinajstić information content (AvgIpc) is 2.68. The summed E-state index contributed by atoms with van der Waals surface area (Å²) in [6.45, 7) is 1.61. The fourth-order valence-corrected chi connectivity index (χ4v) is 4.06. The molecule has 1 aromatic carbocycles. The Morgan fingerprint density at radius 3 is 2.52 bits per heavy atom. The minimum atomic E-state index is -3.68. The minimum absolute atomic E-state index is 0.0775. The number of hydrogen-bond acceptors (Lipinski definition) is 1. The van der Waals surface area contributed by atoms with Crippen molar-refractivity contribution in [2.75, 3.05) is 0 Å². The number of ether oxygens (including phenoxy) is 1. The molecule has 1 nitrogen and oxygen atoms in total. The summed E-state index contributed by atoms with van der Waals surface area (Å²) in [5, 5.41) is 0. The molecule has 27 heavy (non-hydrogen) atoms. The number of benzene rings is 1. The molecule has 0 bridgehead atoms. The zero-order chi connectivity index (χ0) is 22.2. The van der Waals surface area contributed by atoms with Crippen molar-refractivity contribution >= 4 is 0 Å². The highest BCUT2D eigenvalue weighted by molar-refractivity contribution is 5.20. The first kappa shape index (κ1) is 16.6. The first-order valence-electron chi connectivity index (χ1n) is 11.2. The van der Waals surface area contributed by atoms with Crippen LogP contribution in [0.15, 0.2) is 29.8 Å². The molecule has 2 aliphatic carbocycles. The molecule has 1 saturated carbocycles. The van der Waals surface area contributed by atoms with Gasteiger partial charge in [0.15, 0.2) is 17.8 Å². The molecule has 0 spiro atoms. The lowest BCUT2D eigenvalue weighted by Crippen LogP contribution is -2.37. The molecule has 3 rings (SSSR count). The van der Waals surface area contributed by atoms with E-state index in [4.69, 9.17) is 8.85 Å². The smallest absolute Gasteiger partial charge is 0.161 e. The molecule has 150 valence electrons. The third-order valence-corrected chi connectivity index (χ3v) is 5.58. The van der Waals surface area contributed by atoms with Crippen molar-refractivity contribution in [2.45, 2.75) is 76.9 Å². The van der Waals surface area contributed by atoms with Crippen molar-refractivity contribution in [3.05, 3.63) is 47.0 Å². The summed E-state index contributed by atoms with van der Waals surface area (Å²) >= 11 is 0. The number of allylic oxidation sites excluding steroid dienone is 1. The molecule has 1 aromatic rings. The Kier molecular flexibility index (Phi) is 5.66. The van der Waals surface area contributed by atoms with Crippen LogP contribution in [0.2, 0.25) is 0 Å². The zero-order valence-corrected chi connectivity index (χ0v) is 15.5. The standard InChI is InChI=1S/C22H28F4O/c1-2-3-14-4-7-16(8-5-14)17-11-20(25)22(26)21(12-17)27-13-15-6-9-18(23)19(24)10-15/h6,9-10,12,14,16,20-22H,2-5,7-8,11,13H2,1H3/i20D,21D,22D. The van der Waals surface area contributed by atoms with Crippen molar-refractivity contribution in [1.82, 2.24) is 0 Å². The monoisotopic (exact) mass is 387 g/mol. The summed E-state index contributed by atoms with van der Waals surface area (Å²) in [6.07, 6.45) is -3.59. The first-order valence-corrected chi connectivity index (χ1v) is 9.66. The van der Waals surface area contributed by atoms with Gasteiger partial charge in [0.25, 0.3) is 0 Å². The van der Waals surface area contributed by atoms with Gasteiger partial charge in [0.1, 0.15) is 12.2 Å². The van der Waals surface area contributed by atoms with E-state index in [2.05, 4.69) is 6.92 Å². The lowest BCUT2D eigenvalue weighted by Gasteiger charge is -2.35. The summed E-state index contributed by atoms with van der Waals surface area (Å²) in [7, 11) is 0. The molecule has 0 heterocycles. The quantitative estimate of drug-likeness (QED) is 0.402.